The fourth-order valence-electron chi connectivity index (χ4n) is 3.03. The lowest BCUT2D eigenvalue weighted by molar-refractivity contribution is 0.0132. The molecule has 1 aliphatic carbocycles. The Balaban J connectivity index is 2.35. The average molecular weight is 362 g/mol. The standard InChI is InChI=1S/C17H16BrNO3/c1-17(2)15(21)10-6-5-7-11(18)13(10)14(16(17)22)19-9-4-3-8-12(19)20/h3-9,14,16,22H,1-2H3/t14-,16+/m1/s1. The van der Waals surface area contributed by atoms with Gasteiger partial charge in [-0.1, -0.05) is 34.1 Å². The Kier molecular flexibility index (Phi) is 3.57. The molecule has 1 N–H and O–H groups in total. The van der Waals surface area contributed by atoms with Gasteiger partial charge in [-0.25, -0.2) is 0 Å². The van der Waals surface area contributed by atoms with Crippen molar-refractivity contribution in [2.75, 3.05) is 0 Å². The lowest BCUT2D eigenvalue weighted by atomic mass is 9.68. The summed E-state index contributed by atoms with van der Waals surface area (Å²) in [5, 5.41) is 10.8. The number of aliphatic hydroxyl groups is 1. The largest absolute Gasteiger partial charge is 0.390 e. The molecule has 0 amide bonds. The minimum Gasteiger partial charge on any atom is -0.390 e. The van der Waals surface area contributed by atoms with E-state index in [0.29, 0.717) is 15.6 Å². The number of carbonyl (C=O) groups excluding carboxylic acids is 1. The molecule has 0 bridgehead atoms. The third-order valence-corrected chi connectivity index (χ3v) is 5.06. The molecule has 1 aromatic carbocycles. The number of aliphatic hydroxyl groups excluding tert-OH is 1. The number of hydrogen-bond acceptors (Lipinski definition) is 3. The number of nitrogens with zero attached hydrogens (tertiary/aromatic N) is 1. The van der Waals surface area contributed by atoms with E-state index in [1.165, 1.54) is 10.6 Å². The zero-order chi connectivity index (χ0) is 16.1. The first-order valence-electron chi connectivity index (χ1n) is 7.04. The van der Waals surface area contributed by atoms with Crippen LogP contribution in [-0.4, -0.2) is 21.6 Å². The van der Waals surface area contributed by atoms with Gasteiger partial charge in [-0.2, -0.15) is 0 Å². The summed E-state index contributed by atoms with van der Waals surface area (Å²) in [4.78, 5) is 24.9. The van der Waals surface area contributed by atoms with Gasteiger partial charge >= 0.3 is 0 Å². The van der Waals surface area contributed by atoms with Crippen LogP contribution in [0.2, 0.25) is 0 Å². The Morgan fingerprint density at radius 3 is 2.55 bits per heavy atom. The first-order valence-corrected chi connectivity index (χ1v) is 7.83. The summed E-state index contributed by atoms with van der Waals surface area (Å²) in [6.45, 7) is 3.43. The third-order valence-electron chi connectivity index (χ3n) is 4.37. The highest BCUT2D eigenvalue weighted by Gasteiger charge is 2.48. The SMILES string of the molecule is CC1(C)C(=O)c2cccc(Br)c2[C@@H](n2ccccc2=O)[C@@H]1O. The second-order valence-electron chi connectivity index (χ2n) is 6.09. The number of hydrogen-bond donors (Lipinski definition) is 1. The van der Waals surface area contributed by atoms with E-state index < -0.39 is 17.6 Å². The molecule has 22 heavy (non-hydrogen) atoms. The Bertz CT molecular complexity index is 810. The van der Waals surface area contributed by atoms with Crippen molar-refractivity contribution >= 4 is 21.7 Å². The van der Waals surface area contributed by atoms with Crippen LogP contribution in [-0.2, 0) is 0 Å². The fourth-order valence-corrected chi connectivity index (χ4v) is 3.63. The van der Waals surface area contributed by atoms with E-state index in [-0.39, 0.29) is 11.3 Å². The molecular weight excluding hydrogens is 346 g/mol. The number of carbonyl (C=O) groups is 1. The van der Waals surface area contributed by atoms with E-state index >= 15 is 0 Å². The summed E-state index contributed by atoms with van der Waals surface area (Å²) in [6.07, 6.45) is 0.650. The van der Waals surface area contributed by atoms with Gasteiger partial charge in [0.2, 0.25) is 0 Å². The predicted molar refractivity (Wildman–Crippen MR) is 87.1 cm³/mol. The first-order chi connectivity index (χ1) is 10.4. The summed E-state index contributed by atoms with van der Waals surface area (Å²) in [5.74, 6) is -0.114. The number of aromatic nitrogens is 1. The van der Waals surface area contributed by atoms with Crippen LogP contribution in [0.1, 0.15) is 35.8 Å². The molecule has 5 heteroatoms. The van der Waals surface area contributed by atoms with Crippen molar-refractivity contribution in [3.63, 3.8) is 0 Å². The van der Waals surface area contributed by atoms with Gasteiger partial charge in [-0.3, -0.25) is 9.59 Å². The molecule has 1 heterocycles. The van der Waals surface area contributed by atoms with Gasteiger partial charge < -0.3 is 9.67 Å². The van der Waals surface area contributed by atoms with Crippen molar-refractivity contribution in [2.45, 2.75) is 26.0 Å². The van der Waals surface area contributed by atoms with E-state index in [0.717, 1.165) is 0 Å². The fraction of sp³-hybridized carbons (Fsp3) is 0.294. The molecule has 0 saturated carbocycles. The van der Waals surface area contributed by atoms with Crippen LogP contribution in [0.5, 0.6) is 0 Å². The van der Waals surface area contributed by atoms with E-state index in [4.69, 9.17) is 0 Å². The number of halogens is 1. The topological polar surface area (TPSA) is 59.3 Å². The van der Waals surface area contributed by atoms with Gasteiger partial charge in [0.05, 0.1) is 17.6 Å². The molecule has 0 fully saturated rings. The first kappa shape index (κ1) is 15.2. The van der Waals surface area contributed by atoms with Crippen molar-refractivity contribution < 1.29 is 9.90 Å². The number of Topliss-reactive ketones (excluding diaryl/α,β-unsaturated/α-hetero) is 1. The van der Waals surface area contributed by atoms with Gasteiger partial charge in [0, 0.05) is 27.9 Å². The van der Waals surface area contributed by atoms with Crippen molar-refractivity contribution in [3.05, 3.63) is 68.5 Å². The Labute approximate surface area is 136 Å². The van der Waals surface area contributed by atoms with Crippen LogP contribution in [0.25, 0.3) is 0 Å². The number of rotatable bonds is 1. The quantitative estimate of drug-likeness (QED) is 0.849. The van der Waals surface area contributed by atoms with Gasteiger partial charge in [0.15, 0.2) is 5.78 Å². The molecule has 1 aromatic heterocycles. The minimum atomic E-state index is -0.994. The molecule has 2 atom stereocenters. The van der Waals surface area contributed by atoms with Crippen molar-refractivity contribution in [2.24, 2.45) is 5.41 Å². The molecule has 0 aliphatic heterocycles. The third kappa shape index (κ3) is 2.08. The molecule has 0 radical (unpaired) electrons. The van der Waals surface area contributed by atoms with E-state index in [2.05, 4.69) is 15.9 Å². The summed E-state index contributed by atoms with van der Waals surface area (Å²) in [5.41, 5.74) is 0.0322. The molecule has 1 aliphatic rings. The summed E-state index contributed by atoms with van der Waals surface area (Å²) in [7, 11) is 0. The van der Waals surface area contributed by atoms with E-state index in [1.54, 1.807) is 44.3 Å². The van der Waals surface area contributed by atoms with Crippen molar-refractivity contribution in [1.29, 1.82) is 0 Å². The molecule has 114 valence electrons. The molecule has 0 saturated heterocycles. The van der Waals surface area contributed by atoms with E-state index in [9.17, 15) is 14.7 Å². The van der Waals surface area contributed by atoms with Crippen LogP contribution in [0.3, 0.4) is 0 Å². The highest BCUT2D eigenvalue weighted by molar-refractivity contribution is 9.10. The highest BCUT2D eigenvalue weighted by atomic mass is 79.9. The molecular formula is C17H16BrNO3. The Morgan fingerprint density at radius 1 is 1.14 bits per heavy atom. The molecule has 3 rings (SSSR count). The molecule has 2 aromatic rings. The van der Waals surface area contributed by atoms with Crippen LogP contribution in [0, 0.1) is 5.41 Å². The second-order valence-corrected chi connectivity index (χ2v) is 6.94. The van der Waals surface area contributed by atoms with Gasteiger partial charge in [-0.05, 0) is 26.0 Å². The van der Waals surface area contributed by atoms with Crippen molar-refractivity contribution in [1.82, 2.24) is 4.57 Å². The van der Waals surface area contributed by atoms with Crippen LogP contribution in [0.15, 0.2) is 51.9 Å². The number of benzene rings is 1. The van der Waals surface area contributed by atoms with Gasteiger partial charge in [0.25, 0.3) is 5.56 Å². The van der Waals surface area contributed by atoms with Crippen LogP contribution >= 0.6 is 15.9 Å². The maximum Gasteiger partial charge on any atom is 0.251 e. The lowest BCUT2D eigenvalue weighted by Crippen LogP contribution is -2.49. The smallest absolute Gasteiger partial charge is 0.251 e. The van der Waals surface area contributed by atoms with Gasteiger partial charge in [-0.15, -0.1) is 0 Å². The minimum absolute atomic E-state index is 0.114. The normalized spacial score (nSPS) is 23.2. The maximum atomic E-state index is 12.7. The van der Waals surface area contributed by atoms with Gasteiger partial charge in [0.1, 0.15) is 0 Å². The van der Waals surface area contributed by atoms with Crippen molar-refractivity contribution in [3.8, 4) is 0 Å². The zero-order valence-corrected chi connectivity index (χ0v) is 13.9. The van der Waals surface area contributed by atoms with Crippen LogP contribution < -0.4 is 5.56 Å². The highest BCUT2D eigenvalue weighted by Crippen LogP contribution is 2.44. The van der Waals surface area contributed by atoms with Crippen LogP contribution in [0.4, 0.5) is 0 Å². The molecule has 0 unspecified atom stereocenters. The van der Waals surface area contributed by atoms with E-state index in [1.807, 2.05) is 6.07 Å². The monoisotopic (exact) mass is 361 g/mol. The summed E-state index contributed by atoms with van der Waals surface area (Å²) < 4.78 is 2.20. The number of pyridine rings is 1. The average Bonchev–Trinajstić information content (AvgIpc) is 2.48. The second kappa shape index (κ2) is 5.18. The summed E-state index contributed by atoms with van der Waals surface area (Å²) in [6, 6.07) is 9.60. The number of ketones is 1. The molecule has 0 spiro atoms. The Hall–Kier alpha value is -1.72. The number of fused-ring (bicyclic) bond motifs is 1. The zero-order valence-electron chi connectivity index (χ0n) is 12.3. The molecule has 4 nitrogen and oxygen atoms in total. The summed E-state index contributed by atoms with van der Waals surface area (Å²) >= 11 is 3.46. The Morgan fingerprint density at radius 2 is 1.86 bits per heavy atom. The maximum absolute atomic E-state index is 12.7. The lowest BCUT2D eigenvalue weighted by Gasteiger charge is -2.41. The predicted octanol–water partition coefficient (Wildman–Crippen LogP) is 2.78.